The van der Waals surface area contributed by atoms with E-state index in [1.165, 1.54) is 18.4 Å². The van der Waals surface area contributed by atoms with Crippen molar-refractivity contribution >= 4 is 11.6 Å². The van der Waals surface area contributed by atoms with E-state index in [0.29, 0.717) is 6.04 Å². The Hall–Kier alpha value is -0.530. The molecule has 1 N–H and O–H groups in total. The largest absolute Gasteiger partial charge is 0.310 e. The molecule has 0 heterocycles. The lowest BCUT2D eigenvalue weighted by atomic mass is 9.98. The van der Waals surface area contributed by atoms with Crippen molar-refractivity contribution in [2.45, 2.75) is 46.1 Å². The number of hydrogen-bond donors (Lipinski definition) is 1. The summed E-state index contributed by atoms with van der Waals surface area (Å²) in [5.74, 6) is 0.781. The van der Waals surface area contributed by atoms with Crippen molar-refractivity contribution in [3.05, 3.63) is 34.9 Å². The Kier molecular flexibility index (Phi) is 6.61. The molecule has 0 amide bonds. The third-order valence-electron chi connectivity index (χ3n) is 3.01. The maximum absolute atomic E-state index is 6.26. The van der Waals surface area contributed by atoms with E-state index in [0.717, 1.165) is 23.9 Å². The van der Waals surface area contributed by atoms with Gasteiger partial charge in [-0.1, -0.05) is 63.4 Å². The minimum Gasteiger partial charge on any atom is -0.310 e. The topological polar surface area (TPSA) is 12.0 Å². The second kappa shape index (κ2) is 7.73. The highest BCUT2D eigenvalue weighted by molar-refractivity contribution is 6.31. The Morgan fingerprint density at radius 3 is 2.47 bits per heavy atom. The molecule has 0 saturated carbocycles. The van der Waals surface area contributed by atoms with Crippen LogP contribution in [-0.2, 0) is 0 Å². The number of halogens is 1. The quantitative estimate of drug-likeness (QED) is 0.735. The van der Waals surface area contributed by atoms with Crippen LogP contribution in [0.5, 0.6) is 0 Å². The second-order valence-electron chi connectivity index (χ2n) is 4.96. The molecular weight excluding hydrogens is 230 g/mol. The standard InChI is InChI=1S/C15H24ClN/c1-4-17-15(11-7-8-12(2)3)13-9-5-6-10-14(13)16/h5-6,9-10,12,15,17H,4,7-8,11H2,1-3H3. The molecule has 0 fully saturated rings. The average molecular weight is 254 g/mol. The molecule has 1 aromatic carbocycles. The van der Waals surface area contributed by atoms with Gasteiger partial charge in [0.2, 0.25) is 0 Å². The molecule has 0 radical (unpaired) electrons. The molecule has 2 heteroatoms. The Morgan fingerprint density at radius 2 is 1.88 bits per heavy atom. The van der Waals surface area contributed by atoms with Crippen LogP contribution in [0.4, 0.5) is 0 Å². The van der Waals surface area contributed by atoms with Gasteiger partial charge in [0.25, 0.3) is 0 Å². The number of rotatable bonds is 7. The molecule has 0 spiro atoms. The predicted molar refractivity (Wildman–Crippen MR) is 76.6 cm³/mol. The lowest BCUT2D eigenvalue weighted by molar-refractivity contribution is 0.455. The van der Waals surface area contributed by atoms with Gasteiger partial charge in [0.1, 0.15) is 0 Å². The van der Waals surface area contributed by atoms with Gasteiger partial charge in [-0.25, -0.2) is 0 Å². The van der Waals surface area contributed by atoms with Crippen LogP contribution in [0.15, 0.2) is 24.3 Å². The molecule has 1 aromatic rings. The van der Waals surface area contributed by atoms with Crippen LogP contribution >= 0.6 is 11.6 Å². The Morgan fingerprint density at radius 1 is 1.18 bits per heavy atom. The molecule has 1 nitrogen and oxygen atoms in total. The molecule has 0 aromatic heterocycles. The minimum atomic E-state index is 0.396. The zero-order valence-electron chi connectivity index (χ0n) is 11.2. The van der Waals surface area contributed by atoms with E-state index in [1.807, 2.05) is 12.1 Å². The van der Waals surface area contributed by atoms with E-state index in [4.69, 9.17) is 11.6 Å². The third-order valence-corrected chi connectivity index (χ3v) is 3.35. The highest BCUT2D eigenvalue weighted by Gasteiger charge is 2.12. The maximum atomic E-state index is 6.26. The summed E-state index contributed by atoms with van der Waals surface area (Å²) in [7, 11) is 0. The lowest BCUT2D eigenvalue weighted by Crippen LogP contribution is -2.21. The minimum absolute atomic E-state index is 0.396. The molecule has 0 aliphatic rings. The van der Waals surface area contributed by atoms with Crippen LogP contribution in [-0.4, -0.2) is 6.54 Å². The van der Waals surface area contributed by atoms with Crippen LogP contribution in [0.1, 0.15) is 51.6 Å². The molecule has 0 aliphatic carbocycles. The fraction of sp³-hybridized carbons (Fsp3) is 0.600. The molecule has 17 heavy (non-hydrogen) atoms. The van der Waals surface area contributed by atoms with E-state index < -0.39 is 0 Å². The van der Waals surface area contributed by atoms with Crippen molar-refractivity contribution in [3.8, 4) is 0 Å². The van der Waals surface area contributed by atoms with Gasteiger partial charge in [0.15, 0.2) is 0 Å². The Labute approximate surface area is 111 Å². The second-order valence-corrected chi connectivity index (χ2v) is 5.36. The predicted octanol–water partition coefficient (Wildman–Crippen LogP) is 4.82. The molecule has 0 aliphatic heterocycles. The van der Waals surface area contributed by atoms with Gasteiger partial charge in [0, 0.05) is 11.1 Å². The summed E-state index contributed by atoms with van der Waals surface area (Å²) in [5.41, 5.74) is 1.24. The zero-order valence-corrected chi connectivity index (χ0v) is 11.9. The van der Waals surface area contributed by atoms with Crippen molar-refractivity contribution in [3.63, 3.8) is 0 Å². The van der Waals surface area contributed by atoms with E-state index in [-0.39, 0.29) is 0 Å². The normalized spacial score (nSPS) is 13.0. The fourth-order valence-electron chi connectivity index (χ4n) is 2.10. The maximum Gasteiger partial charge on any atom is 0.0453 e. The van der Waals surface area contributed by atoms with Gasteiger partial charge in [-0.2, -0.15) is 0 Å². The SMILES string of the molecule is CCNC(CCCC(C)C)c1ccccc1Cl. The molecule has 1 atom stereocenters. The average Bonchev–Trinajstić information content (AvgIpc) is 2.28. The summed E-state index contributed by atoms with van der Waals surface area (Å²) in [6, 6.07) is 8.55. The fourth-order valence-corrected chi connectivity index (χ4v) is 2.37. The highest BCUT2D eigenvalue weighted by atomic mass is 35.5. The van der Waals surface area contributed by atoms with E-state index >= 15 is 0 Å². The van der Waals surface area contributed by atoms with Crippen molar-refractivity contribution in [1.82, 2.24) is 5.32 Å². The van der Waals surface area contributed by atoms with E-state index in [1.54, 1.807) is 0 Å². The van der Waals surface area contributed by atoms with Crippen molar-refractivity contribution in [1.29, 1.82) is 0 Å². The van der Waals surface area contributed by atoms with Crippen LogP contribution in [0.25, 0.3) is 0 Å². The van der Waals surface area contributed by atoms with Gasteiger partial charge < -0.3 is 5.32 Å². The molecule has 1 unspecified atom stereocenters. The monoisotopic (exact) mass is 253 g/mol. The van der Waals surface area contributed by atoms with E-state index in [9.17, 15) is 0 Å². The first-order valence-corrected chi connectivity index (χ1v) is 7.00. The van der Waals surface area contributed by atoms with Crippen molar-refractivity contribution in [2.75, 3.05) is 6.54 Å². The summed E-state index contributed by atoms with van der Waals surface area (Å²) >= 11 is 6.26. The lowest BCUT2D eigenvalue weighted by Gasteiger charge is -2.20. The first-order chi connectivity index (χ1) is 8.15. The zero-order chi connectivity index (χ0) is 12.7. The number of hydrogen-bond acceptors (Lipinski definition) is 1. The summed E-state index contributed by atoms with van der Waals surface area (Å²) in [5, 5.41) is 4.41. The number of benzene rings is 1. The molecular formula is C15H24ClN. The molecule has 1 rings (SSSR count). The summed E-state index contributed by atoms with van der Waals surface area (Å²) < 4.78 is 0. The smallest absolute Gasteiger partial charge is 0.0453 e. The van der Waals surface area contributed by atoms with Crippen LogP contribution in [0.3, 0.4) is 0 Å². The van der Waals surface area contributed by atoms with Crippen molar-refractivity contribution < 1.29 is 0 Å². The first-order valence-electron chi connectivity index (χ1n) is 6.63. The van der Waals surface area contributed by atoms with Crippen LogP contribution < -0.4 is 5.32 Å². The third kappa shape index (κ3) is 5.10. The van der Waals surface area contributed by atoms with Gasteiger partial charge in [-0.3, -0.25) is 0 Å². The molecule has 0 bridgehead atoms. The van der Waals surface area contributed by atoms with Gasteiger partial charge in [-0.15, -0.1) is 0 Å². The highest BCUT2D eigenvalue weighted by Crippen LogP contribution is 2.26. The van der Waals surface area contributed by atoms with E-state index in [2.05, 4.69) is 38.2 Å². The van der Waals surface area contributed by atoms with Gasteiger partial charge in [0.05, 0.1) is 0 Å². The van der Waals surface area contributed by atoms with Gasteiger partial charge >= 0.3 is 0 Å². The Balaban J connectivity index is 2.62. The first kappa shape index (κ1) is 14.5. The Bertz CT molecular complexity index is 322. The van der Waals surface area contributed by atoms with Crippen molar-refractivity contribution in [2.24, 2.45) is 5.92 Å². The van der Waals surface area contributed by atoms with Crippen LogP contribution in [0.2, 0.25) is 5.02 Å². The molecule has 0 saturated heterocycles. The molecule has 96 valence electrons. The van der Waals surface area contributed by atoms with Crippen LogP contribution in [0, 0.1) is 5.92 Å². The number of nitrogens with one attached hydrogen (secondary N) is 1. The summed E-state index contributed by atoms with van der Waals surface area (Å²) in [4.78, 5) is 0. The summed E-state index contributed by atoms with van der Waals surface area (Å²) in [6.45, 7) is 7.68. The summed E-state index contributed by atoms with van der Waals surface area (Å²) in [6.07, 6.45) is 3.70. The van der Waals surface area contributed by atoms with Gasteiger partial charge in [-0.05, 0) is 30.5 Å².